The van der Waals surface area contributed by atoms with Crippen molar-refractivity contribution in [2.24, 2.45) is 21.7 Å². The maximum absolute atomic E-state index is 14.3. The van der Waals surface area contributed by atoms with Gasteiger partial charge in [0, 0.05) is 25.7 Å². The van der Waals surface area contributed by atoms with E-state index in [1.54, 1.807) is 0 Å². The molecule has 7 rings (SSSR count). The second-order valence-electron chi connectivity index (χ2n) is 16.1. The molecule has 5 aliphatic rings. The summed E-state index contributed by atoms with van der Waals surface area (Å²) in [6, 6.07) is 15.6. The molecule has 1 fully saturated rings. The highest BCUT2D eigenvalue weighted by Crippen LogP contribution is 2.68. The van der Waals surface area contributed by atoms with Crippen LogP contribution in [0.2, 0.25) is 0 Å². The van der Waals surface area contributed by atoms with Crippen LogP contribution in [0.15, 0.2) is 72.8 Å². The average Bonchev–Trinajstić information content (AvgIpc) is 3.79. The van der Waals surface area contributed by atoms with Gasteiger partial charge in [-0.25, -0.2) is 0 Å². The van der Waals surface area contributed by atoms with Crippen molar-refractivity contribution in [3.05, 3.63) is 95.1 Å². The number of Topliss-reactive ketones (excluding diaryl/α,β-unsaturated/α-hetero) is 4. The predicted molar refractivity (Wildman–Crippen MR) is 174 cm³/mol. The lowest BCUT2D eigenvalue weighted by Gasteiger charge is -2.44. The molecule has 2 aromatic carbocycles. The summed E-state index contributed by atoms with van der Waals surface area (Å²) in [5, 5.41) is 0. The first-order valence-electron chi connectivity index (χ1n) is 16.5. The summed E-state index contributed by atoms with van der Waals surface area (Å²) < 4.78 is 14.1. The van der Waals surface area contributed by atoms with Crippen molar-refractivity contribution in [3.63, 3.8) is 0 Å². The highest BCUT2D eigenvalue weighted by atomic mass is 16.5. The summed E-state index contributed by atoms with van der Waals surface area (Å²) in [5.74, 6) is -0.362. The quantitative estimate of drug-likeness (QED) is 0.287. The lowest BCUT2D eigenvalue weighted by atomic mass is 9.60. The van der Waals surface area contributed by atoms with Crippen molar-refractivity contribution in [2.45, 2.75) is 103 Å². The van der Waals surface area contributed by atoms with Gasteiger partial charge in [-0.15, -0.1) is 0 Å². The molecule has 0 saturated carbocycles. The molecule has 0 N–H and O–H groups in total. The van der Waals surface area contributed by atoms with E-state index in [0.717, 1.165) is 22.3 Å². The number of ketones is 4. The lowest BCUT2D eigenvalue weighted by molar-refractivity contribution is -0.187. The second-order valence-corrected chi connectivity index (χ2v) is 16.1. The molecule has 0 spiro atoms. The van der Waals surface area contributed by atoms with E-state index >= 15 is 0 Å². The molecule has 2 aromatic rings. The van der Waals surface area contributed by atoms with E-state index in [-0.39, 0.29) is 48.8 Å². The van der Waals surface area contributed by atoms with Crippen molar-refractivity contribution < 1.29 is 28.7 Å². The number of fused-ring (bicyclic) bond motifs is 2. The summed E-state index contributed by atoms with van der Waals surface area (Å²) in [4.78, 5) is 57.2. The standard InChI is InChI=1S/C40H44O6/c1-33(2)29(41)17-18-30(42)35(5,6)39-23-24-40(46-39,28-16-12-11-15-27(28)39)36(7,8)32(44)20-19-31(43)34(3,4)38-22-21-37(33,45-38)25-13-9-10-14-26(25)38/h9-16,21-24H,17-20H2,1-8H3/t37-,38-,39-,40+/m1/s1. The average molecular weight is 621 g/mol. The first-order valence-corrected chi connectivity index (χ1v) is 16.5. The summed E-state index contributed by atoms with van der Waals surface area (Å²) in [7, 11) is 0. The lowest BCUT2D eigenvalue weighted by Crippen LogP contribution is -2.50. The molecule has 46 heavy (non-hydrogen) atoms. The number of ether oxygens (including phenoxy) is 2. The van der Waals surface area contributed by atoms with Crippen LogP contribution < -0.4 is 0 Å². The summed E-state index contributed by atoms with van der Waals surface area (Å²) in [6.45, 7) is 15.0. The van der Waals surface area contributed by atoms with Crippen LogP contribution in [-0.2, 0) is 51.1 Å². The van der Waals surface area contributed by atoms with Crippen molar-refractivity contribution in [3.8, 4) is 0 Å². The van der Waals surface area contributed by atoms with Crippen LogP contribution in [0.1, 0.15) is 103 Å². The van der Waals surface area contributed by atoms with Gasteiger partial charge in [0.15, 0.2) is 0 Å². The van der Waals surface area contributed by atoms with Gasteiger partial charge in [0.2, 0.25) is 0 Å². The second kappa shape index (κ2) is 9.11. The molecule has 0 amide bonds. The summed E-state index contributed by atoms with van der Waals surface area (Å²) >= 11 is 0. The van der Waals surface area contributed by atoms with Crippen LogP contribution in [-0.4, -0.2) is 23.1 Å². The molecule has 5 heterocycles. The Labute approximate surface area is 271 Å². The Morgan fingerprint density at radius 3 is 0.783 bits per heavy atom. The molecule has 1 saturated heterocycles. The van der Waals surface area contributed by atoms with E-state index in [1.807, 2.05) is 128 Å². The third-order valence-electron chi connectivity index (χ3n) is 12.9. The zero-order valence-corrected chi connectivity index (χ0v) is 28.2. The molecule has 6 heteroatoms. The fourth-order valence-electron chi connectivity index (χ4n) is 9.18. The minimum absolute atomic E-state index is 0.0300. The van der Waals surface area contributed by atoms with Crippen molar-refractivity contribution >= 4 is 23.1 Å². The molecular weight excluding hydrogens is 576 g/mol. The van der Waals surface area contributed by atoms with Crippen molar-refractivity contribution in [1.82, 2.24) is 0 Å². The van der Waals surface area contributed by atoms with Gasteiger partial charge in [0.05, 0.1) is 21.7 Å². The Bertz CT molecular complexity index is 1550. The van der Waals surface area contributed by atoms with Gasteiger partial charge in [0.1, 0.15) is 45.5 Å². The molecule has 4 bridgehead atoms. The highest BCUT2D eigenvalue weighted by Gasteiger charge is 2.70. The highest BCUT2D eigenvalue weighted by molar-refractivity contribution is 5.96. The maximum atomic E-state index is 14.3. The third kappa shape index (κ3) is 3.30. The van der Waals surface area contributed by atoms with Gasteiger partial charge in [-0.3, -0.25) is 19.2 Å². The number of carbonyl (C=O) groups is 4. The molecule has 4 atom stereocenters. The van der Waals surface area contributed by atoms with Crippen LogP contribution in [0, 0.1) is 21.7 Å². The maximum Gasteiger partial charge on any atom is 0.142 e. The minimum Gasteiger partial charge on any atom is -0.349 e. The van der Waals surface area contributed by atoms with Gasteiger partial charge in [0.25, 0.3) is 0 Å². The van der Waals surface area contributed by atoms with E-state index in [0.29, 0.717) is 0 Å². The molecule has 0 unspecified atom stereocenters. The zero-order chi connectivity index (χ0) is 33.3. The minimum atomic E-state index is -1.11. The first kappa shape index (κ1) is 31.1. The topological polar surface area (TPSA) is 86.7 Å². The van der Waals surface area contributed by atoms with E-state index in [1.165, 1.54) is 0 Å². The molecule has 5 aliphatic heterocycles. The zero-order valence-electron chi connectivity index (χ0n) is 28.2. The van der Waals surface area contributed by atoms with Gasteiger partial charge >= 0.3 is 0 Å². The van der Waals surface area contributed by atoms with Gasteiger partial charge < -0.3 is 9.47 Å². The Morgan fingerprint density at radius 2 is 0.587 bits per heavy atom. The molecule has 240 valence electrons. The molecular formula is C40H44O6. The van der Waals surface area contributed by atoms with Crippen LogP contribution in [0.4, 0.5) is 0 Å². The third-order valence-corrected chi connectivity index (χ3v) is 12.9. The largest absolute Gasteiger partial charge is 0.349 e. The first-order chi connectivity index (χ1) is 21.4. The Kier molecular flexibility index (Phi) is 6.16. The van der Waals surface area contributed by atoms with Crippen molar-refractivity contribution in [2.75, 3.05) is 0 Å². The normalized spacial score (nSPS) is 36.3. The van der Waals surface area contributed by atoms with Crippen LogP contribution in [0.3, 0.4) is 0 Å². The molecule has 0 aliphatic carbocycles. The number of hydrogen-bond donors (Lipinski definition) is 0. The van der Waals surface area contributed by atoms with E-state index < -0.39 is 44.1 Å². The monoisotopic (exact) mass is 620 g/mol. The predicted octanol–water partition coefficient (Wildman–Crippen LogP) is 7.32. The molecule has 6 nitrogen and oxygen atoms in total. The summed E-state index contributed by atoms with van der Waals surface area (Å²) in [5.41, 5.74) is -5.20. The smallest absolute Gasteiger partial charge is 0.142 e. The fraction of sp³-hybridized carbons (Fsp3) is 0.500. The Morgan fingerprint density at radius 1 is 0.391 bits per heavy atom. The number of carbonyl (C=O) groups excluding carboxylic acids is 4. The number of benzene rings is 2. The van der Waals surface area contributed by atoms with Gasteiger partial charge in [-0.05, 0) is 102 Å². The van der Waals surface area contributed by atoms with Crippen molar-refractivity contribution in [1.29, 1.82) is 0 Å². The Balaban J connectivity index is 1.38. The van der Waals surface area contributed by atoms with Crippen LogP contribution in [0.5, 0.6) is 0 Å². The van der Waals surface area contributed by atoms with E-state index in [9.17, 15) is 19.2 Å². The molecule has 0 aromatic heterocycles. The van der Waals surface area contributed by atoms with E-state index in [2.05, 4.69) is 0 Å². The number of rotatable bonds is 0. The van der Waals surface area contributed by atoms with E-state index in [4.69, 9.17) is 9.47 Å². The SMILES string of the molecule is CC1(C)C(=O)CCC(=O)C(C)(C)[C@]23C=C[C@@](O2)(c2ccccc23)C(C)(C)C(=O)CCC(=O)C(C)(C)[C@]23C=C[C@]1(O2)c1ccccc13. The van der Waals surface area contributed by atoms with Crippen LogP contribution >= 0.6 is 0 Å². The molecule has 0 radical (unpaired) electrons. The Hall–Kier alpha value is -3.48. The van der Waals surface area contributed by atoms with Gasteiger partial charge in [-0.2, -0.15) is 0 Å². The van der Waals surface area contributed by atoms with Gasteiger partial charge in [-0.1, -0.05) is 48.5 Å². The van der Waals surface area contributed by atoms with Crippen LogP contribution in [0.25, 0.3) is 0 Å². The summed E-state index contributed by atoms with van der Waals surface area (Å²) in [6.07, 6.45) is 7.91. The fourth-order valence-corrected chi connectivity index (χ4v) is 9.18. The number of hydrogen-bond acceptors (Lipinski definition) is 6.